The van der Waals surface area contributed by atoms with E-state index < -0.39 is 9.84 Å². The lowest BCUT2D eigenvalue weighted by Crippen LogP contribution is -2.01. The molecule has 1 aromatic heterocycles. The molecule has 0 unspecified atom stereocenters. The van der Waals surface area contributed by atoms with Crippen LogP contribution in [0.4, 0.5) is 0 Å². The van der Waals surface area contributed by atoms with Gasteiger partial charge in [0.2, 0.25) is 0 Å². The number of benzene rings is 2. The minimum absolute atomic E-state index is 0.135. The van der Waals surface area contributed by atoms with Crippen molar-refractivity contribution in [3.63, 3.8) is 0 Å². The quantitative estimate of drug-likeness (QED) is 0.800. The van der Waals surface area contributed by atoms with Crippen LogP contribution in [0.25, 0.3) is 22.3 Å². The molecule has 116 valence electrons. The zero-order chi connectivity index (χ0) is 16.4. The minimum atomic E-state index is -3.40. The van der Waals surface area contributed by atoms with Gasteiger partial charge in [-0.3, -0.25) is 4.98 Å². The summed E-state index contributed by atoms with van der Waals surface area (Å²) >= 11 is 0. The fourth-order valence-electron chi connectivity index (χ4n) is 2.54. The Bertz CT molecular complexity index is 934. The molecular weight excluding hydrogens is 310 g/mol. The van der Waals surface area contributed by atoms with Gasteiger partial charge in [-0.25, -0.2) is 8.42 Å². The Balaban J connectivity index is 2.36. The molecule has 2 aromatic carbocycles. The topological polar surface area (TPSA) is 67.3 Å². The van der Waals surface area contributed by atoms with Crippen LogP contribution in [0.5, 0.6) is 5.75 Å². The van der Waals surface area contributed by atoms with Crippen LogP contribution in [0, 0.1) is 0 Å². The monoisotopic (exact) mass is 325 g/mol. The van der Waals surface area contributed by atoms with E-state index in [0.717, 1.165) is 16.7 Å². The molecular formula is C18H15NO3S. The van der Waals surface area contributed by atoms with Crippen LogP contribution in [0.1, 0.15) is 0 Å². The summed E-state index contributed by atoms with van der Waals surface area (Å²) in [5, 5.41) is 9.49. The second kappa shape index (κ2) is 5.85. The summed E-state index contributed by atoms with van der Waals surface area (Å²) < 4.78 is 24.4. The summed E-state index contributed by atoms with van der Waals surface area (Å²) in [5.74, 6) is 0.135. The van der Waals surface area contributed by atoms with Crippen molar-refractivity contribution in [3.05, 3.63) is 67.0 Å². The largest absolute Gasteiger partial charge is 0.508 e. The van der Waals surface area contributed by atoms with Gasteiger partial charge in [-0.1, -0.05) is 24.3 Å². The first-order valence-corrected chi connectivity index (χ1v) is 8.89. The van der Waals surface area contributed by atoms with Gasteiger partial charge < -0.3 is 5.11 Å². The first-order chi connectivity index (χ1) is 11.0. The lowest BCUT2D eigenvalue weighted by atomic mass is 9.95. The van der Waals surface area contributed by atoms with Gasteiger partial charge in [0, 0.05) is 24.2 Å². The number of aromatic nitrogens is 1. The van der Waals surface area contributed by atoms with E-state index >= 15 is 0 Å². The molecule has 0 bridgehead atoms. The molecule has 0 amide bonds. The van der Waals surface area contributed by atoms with E-state index in [1.807, 2.05) is 18.2 Å². The highest BCUT2D eigenvalue weighted by molar-refractivity contribution is 7.90. The maximum atomic E-state index is 12.2. The Hall–Kier alpha value is -2.66. The molecule has 0 atom stereocenters. The number of hydrogen-bond donors (Lipinski definition) is 1. The highest BCUT2D eigenvalue weighted by atomic mass is 32.2. The van der Waals surface area contributed by atoms with Crippen molar-refractivity contribution >= 4 is 9.84 Å². The first kappa shape index (κ1) is 15.2. The van der Waals surface area contributed by atoms with Crippen LogP contribution < -0.4 is 0 Å². The van der Waals surface area contributed by atoms with E-state index in [1.54, 1.807) is 48.8 Å². The standard InChI is InChI=1S/C18H15NO3S/c1-23(21,22)17-4-2-3-16(13-9-11-19-12-10-13)18(17)14-5-7-15(20)8-6-14/h2-12,20H,1H3. The Morgan fingerprint density at radius 1 is 0.870 bits per heavy atom. The SMILES string of the molecule is CS(=O)(=O)c1cccc(-c2ccncc2)c1-c1ccc(O)cc1. The summed E-state index contributed by atoms with van der Waals surface area (Å²) in [6.07, 6.45) is 4.54. The predicted octanol–water partition coefficient (Wildman–Crippen LogP) is 3.52. The Morgan fingerprint density at radius 3 is 2.13 bits per heavy atom. The third kappa shape index (κ3) is 3.10. The van der Waals surface area contributed by atoms with Gasteiger partial charge in [-0.15, -0.1) is 0 Å². The van der Waals surface area contributed by atoms with Gasteiger partial charge in [-0.05, 0) is 47.0 Å². The summed E-state index contributed by atoms with van der Waals surface area (Å²) in [5.41, 5.74) is 3.05. The third-order valence-electron chi connectivity index (χ3n) is 3.57. The molecule has 23 heavy (non-hydrogen) atoms. The second-order valence-corrected chi connectivity index (χ2v) is 7.22. The van der Waals surface area contributed by atoms with Crippen LogP contribution in [-0.4, -0.2) is 24.8 Å². The predicted molar refractivity (Wildman–Crippen MR) is 89.9 cm³/mol. The maximum absolute atomic E-state index is 12.2. The van der Waals surface area contributed by atoms with Gasteiger partial charge in [0.25, 0.3) is 0 Å². The van der Waals surface area contributed by atoms with Gasteiger partial charge in [0.15, 0.2) is 9.84 Å². The number of pyridine rings is 1. The van der Waals surface area contributed by atoms with Crippen molar-refractivity contribution in [2.45, 2.75) is 4.90 Å². The van der Waals surface area contributed by atoms with E-state index in [1.165, 1.54) is 6.26 Å². The number of aromatic hydroxyl groups is 1. The van der Waals surface area contributed by atoms with Gasteiger partial charge in [-0.2, -0.15) is 0 Å². The molecule has 3 rings (SSSR count). The molecule has 1 N–H and O–H groups in total. The second-order valence-electron chi connectivity index (χ2n) is 5.23. The van der Waals surface area contributed by atoms with Crippen LogP contribution in [0.15, 0.2) is 71.9 Å². The Morgan fingerprint density at radius 2 is 1.52 bits per heavy atom. The van der Waals surface area contributed by atoms with Crippen molar-refractivity contribution in [2.75, 3.05) is 6.26 Å². The lowest BCUT2D eigenvalue weighted by molar-refractivity contribution is 0.475. The highest BCUT2D eigenvalue weighted by Gasteiger charge is 2.18. The molecule has 0 saturated heterocycles. The van der Waals surface area contributed by atoms with E-state index in [0.29, 0.717) is 5.56 Å². The number of phenolic OH excluding ortho intramolecular Hbond substituents is 1. The molecule has 3 aromatic rings. The number of phenols is 1. The number of hydrogen-bond acceptors (Lipinski definition) is 4. The number of rotatable bonds is 3. The molecule has 0 spiro atoms. The molecule has 0 aliphatic heterocycles. The van der Waals surface area contributed by atoms with Crippen molar-refractivity contribution < 1.29 is 13.5 Å². The summed E-state index contributed by atoms with van der Waals surface area (Å²) in [6, 6.07) is 15.4. The van der Waals surface area contributed by atoms with Crippen molar-refractivity contribution in [2.24, 2.45) is 0 Å². The zero-order valence-electron chi connectivity index (χ0n) is 12.5. The molecule has 0 aliphatic rings. The fourth-order valence-corrected chi connectivity index (χ4v) is 3.46. The Labute approximate surface area is 135 Å². The molecule has 5 heteroatoms. The molecule has 1 heterocycles. The smallest absolute Gasteiger partial charge is 0.176 e. The summed E-state index contributed by atoms with van der Waals surface area (Å²) in [4.78, 5) is 4.27. The average Bonchev–Trinajstić information content (AvgIpc) is 2.55. The number of sulfone groups is 1. The number of nitrogens with zero attached hydrogens (tertiary/aromatic N) is 1. The van der Waals surface area contributed by atoms with E-state index in [9.17, 15) is 13.5 Å². The van der Waals surface area contributed by atoms with E-state index in [2.05, 4.69) is 4.98 Å². The van der Waals surface area contributed by atoms with Gasteiger partial charge in [0.1, 0.15) is 5.75 Å². The van der Waals surface area contributed by atoms with Gasteiger partial charge >= 0.3 is 0 Å². The zero-order valence-corrected chi connectivity index (χ0v) is 13.3. The van der Waals surface area contributed by atoms with E-state index in [-0.39, 0.29) is 10.6 Å². The molecule has 4 nitrogen and oxygen atoms in total. The van der Waals surface area contributed by atoms with Crippen LogP contribution in [0.2, 0.25) is 0 Å². The van der Waals surface area contributed by atoms with Crippen molar-refractivity contribution in [1.82, 2.24) is 4.98 Å². The molecule has 0 aliphatic carbocycles. The van der Waals surface area contributed by atoms with E-state index in [4.69, 9.17) is 0 Å². The van der Waals surface area contributed by atoms with Crippen LogP contribution in [0.3, 0.4) is 0 Å². The molecule has 0 radical (unpaired) electrons. The summed E-state index contributed by atoms with van der Waals surface area (Å²) in [7, 11) is -3.40. The lowest BCUT2D eigenvalue weighted by Gasteiger charge is -2.14. The third-order valence-corrected chi connectivity index (χ3v) is 4.71. The minimum Gasteiger partial charge on any atom is -0.508 e. The van der Waals surface area contributed by atoms with Crippen LogP contribution >= 0.6 is 0 Å². The summed E-state index contributed by atoms with van der Waals surface area (Å²) in [6.45, 7) is 0. The normalized spacial score (nSPS) is 11.3. The van der Waals surface area contributed by atoms with Crippen molar-refractivity contribution in [3.8, 4) is 28.0 Å². The fraction of sp³-hybridized carbons (Fsp3) is 0.0556. The molecule has 0 saturated carbocycles. The average molecular weight is 325 g/mol. The maximum Gasteiger partial charge on any atom is 0.176 e. The van der Waals surface area contributed by atoms with Crippen molar-refractivity contribution in [1.29, 1.82) is 0 Å². The highest BCUT2D eigenvalue weighted by Crippen LogP contribution is 2.37. The Kier molecular flexibility index (Phi) is 3.88. The van der Waals surface area contributed by atoms with Gasteiger partial charge in [0.05, 0.1) is 4.90 Å². The first-order valence-electron chi connectivity index (χ1n) is 7.00. The molecule has 0 fully saturated rings. The van der Waals surface area contributed by atoms with Crippen LogP contribution in [-0.2, 0) is 9.84 Å².